The summed E-state index contributed by atoms with van der Waals surface area (Å²) in [6.45, 7) is 2.26. The molecular formula is C10H19Cl. The largest absolute Gasteiger partial charge is 0.126 e. The summed E-state index contributed by atoms with van der Waals surface area (Å²) in [4.78, 5) is 0. The van der Waals surface area contributed by atoms with Crippen molar-refractivity contribution >= 4 is 11.6 Å². The smallest absolute Gasteiger partial charge is 0.0279 e. The number of rotatable bonds is 5. The van der Waals surface area contributed by atoms with Crippen LogP contribution in [0.2, 0.25) is 0 Å². The first-order valence-corrected chi connectivity index (χ1v) is 5.42. The molecule has 0 saturated heterocycles. The number of hydrogen-bond donors (Lipinski definition) is 0. The van der Waals surface area contributed by atoms with Gasteiger partial charge >= 0.3 is 0 Å². The van der Waals surface area contributed by atoms with Crippen LogP contribution in [0.25, 0.3) is 0 Å². The summed E-state index contributed by atoms with van der Waals surface area (Å²) in [5, 5.41) is 0. The highest BCUT2D eigenvalue weighted by molar-refractivity contribution is 6.18. The van der Waals surface area contributed by atoms with Gasteiger partial charge in [0.15, 0.2) is 0 Å². The van der Waals surface area contributed by atoms with Gasteiger partial charge in [-0.25, -0.2) is 0 Å². The predicted molar refractivity (Wildman–Crippen MR) is 51.1 cm³/mol. The summed E-state index contributed by atoms with van der Waals surface area (Å²) in [7, 11) is 0. The van der Waals surface area contributed by atoms with Crippen LogP contribution in [0.15, 0.2) is 0 Å². The van der Waals surface area contributed by atoms with E-state index in [0.717, 1.165) is 5.88 Å². The van der Waals surface area contributed by atoms with E-state index in [0.29, 0.717) is 5.41 Å². The van der Waals surface area contributed by atoms with Crippen molar-refractivity contribution in [2.45, 2.75) is 51.9 Å². The zero-order valence-electron chi connectivity index (χ0n) is 7.53. The maximum Gasteiger partial charge on any atom is 0.0279 e. The van der Waals surface area contributed by atoms with Gasteiger partial charge in [0.2, 0.25) is 0 Å². The Hall–Kier alpha value is 0.290. The molecule has 0 heterocycles. The van der Waals surface area contributed by atoms with Crippen molar-refractivity contribution in [3.8, 4) is 0 Å². The van der Waals surface area contributed by atoms with Crippen LogP contribution < -0.4 is 0 Å². The van der Waals surface area contributed by atoms with Crippen molar-refractivity contribution in [3.05, 3.63) is 0 Å². The minimum absolute atomic E-state index is 0.580. The number of unbranched alkanes of at least 4 members (excludes halogenated alkanes) is 2. The average Bonchev–Trinajstić information content (AvgIpc) is 1.95. The molecule has 0 aromatic rings. The second kappa shape index (κ2) is 4.35. The lowest BCUT2D eigenvalue weighted by Crippen LogP contribution is -2.30. The lowest BCUT2D eigenvalue weighted by atomic mass is 9.67. The van der Waals surface area contributed by atoms with Crippen molar-refractivity contribution in [3.63, 3.8) is 0 Å². The summed E-state index contributed by atoms with van der Waals surface area (Å²) < 4.78 is 0. The minimum atomic E-state index is 0.580. The van der Waals surface area contributed by atoms with Gasteiger partial charge in [-0.3, -0.25) is 0 Å². The molecule has 0 bridgehead atoms. The van der Waals surface area contributed by atoms with Crippen molar-refractivity contribution in [1.82, 2.24) is 0 Å². The third kappa shape index (κ3) is 2.37. The fraction of sp³-hybridized carbons (Fsp3) is 1.00. The zero-order valence-corrected chi connectivity index (χ0v) is 8.29. The monoisotopic (exact) mass is 174 g/mol. The Balaban J connectivity index is 2.11. The van der Waals surface area contributed by atoms with Gasteiger partial charge in [0.05, 0.1) is 0 Å². The van der Waals surface area contributed by atoms with E-state index < -0.39 is 0 Å². The summed E-state index contributed by atoms with van der Waals surface area (Å²) in [6.07, 6.45) is 9.68. The lowest BCUT2D eigenvalue weighted by Gasteiger charge is -2.40. The normalized spacial score (nSPS) is 21.3. The summed E-state index contributed by atoms with van der Waals surface area (Å²) in [6, 6.07) is 0. The number of alkyl halides is 1. The molecule has 0 amide bonds. The third-order valence-corrected chi connectivity index (χ3v) is 3.58. The van der Waals surface area contributed by atoms with Gasteiger partial charge < -0.3 is 0 Å². The highest BCUT2D eigenvalue weighted by atomic mass is 35.5. The van der Waals surface area contributed by atoms with Crippen LogP contribution in [-0.2, 0) is 0 Å². The van der Waals surface area contributed by atoms with E-state index in [4.69, 9.17) is 11.6 Å². The molecule has 11 heavy (non-hydrogen) atoms. The second-order valence-corrected chi connectivity index (χ2v) is 4.21. The molecule has 0 atom stereocenters. The predicted octanol–water partition coefficient (Wildman–Crippen LogP) is 3.98. The second-order valence-electron chi connectivity index (χ2n) is 3.94. The summed E-state index contributed by atoms with van der Waals surface area (Å²) in [5.41, 5.74) is 0.580. The van der Waals surface area contributed by atoms with Crippen LogP contribution in [0.1, 0.15) is 51.9 Å². The fourth-order valence-corrected chi connectivity index (χ4v) is 2.28. The highest BCUT2D eigenvalue weighted by Gasteiger charge is 2.34. The Morgan fingerprint density at radius 3 is 2.36 bits per heavy atom. The van der Waals surface area contributed by atoms with Crippen molar-refractivity contribution in [1.29, 1.82) is 0 Å². The fourth-order valence-electron chi connectivity index (χ4n) is 1.88. The van der Waals surface area contributed by atoms with Crippen LogP contribution in [0.4, 0.5) is 0 Å². The van der Waals surface area contributed by atoms with E-state index >= 15 is 0 Å². The highest BCUT2D eigenvalue weighted by Crippen LogP contribution is 2.45. The number of hydrogen-bond acceptors (Lipinski definition) is 0. The van der Waals surface area contributed by atoms with Crippen LogP contribution in [0, 0.1) is 5.41 Å². The van der Waals surface area contributed by atoms with Crippen LogP contribution in [-0.4, -0.2) is 5.88 Å². The third-order valence-electron chi connectivity index (χ3n) is 3.01. The molecule has 0 N–H and O–H groups in total. The van der Waals surface area contributed by atoms with E-state index in [-0.39, 0.29) is 0 Å². The van der Waals surface area contributed by atoms with E-state index in [9.17, 15) is 0 Å². The van der Waals surface area contributed by atoms with Gasteiger partial charge in [0, 0.05) is 5.88 Å². The maximum atomic E-state index is 5.94. The topological polar surface area (TPSA) is 0 Å². The number of halogens is 1. The summed E-state index contributed by atoms with van der Waals surface area (Å²) in [5.74, 6) is 0.900. The van der Waals surface area contributed by atoms with Gasteiger partial charge in [-0.15, -0.1) is 11.6 Å². The van der Waals surface area contributed by atoms with Gasteiger partial charge in [-0.2, -0.15) is 0 Å². The first kappa shape index (κ1) is 9.38. The van der Waals surface area contributed by atoms with E-state index in [1.165, 1.54) is 44.9 Å². The molecule has 0 unspecified atom stereocenters. The van der Waals surface area contributed by atoms with Crippen molar-refractivity contribution in [2.24, 2.45) is 5.41 Å². The van der Waals surface area contributed by atoms with Gasteiger partial charge in [0.1, 0.15) is 0 Å². The average molecular weight is 175 g/mol. The molecule has 1 heteroatoms. The summed E-state index contributed by atoms with van der Waals surface area (Å²) >= 11 is 5.94. The molecule has 1 saturated carbocycles. The van der Waals surface area contributed by atoms with Gasteiger partial charge in [-0.05, 0) is 24.7 Å². The molecule has 0 aromatic carbocycles. The standard InChI is InChI=1S/C10H19Cl/c1-2-3-4-6-10(9-11)7-5-8-10/h2-9H2,1H3. The van der Waals surface area contributed by atoms with Gasteiger partial charge in [-0.1, -0.05) is 32.6 Å². The zero-order chi connectivity index (χ0) is 8.16. The molecule has 0 radical (unpaired) electrons. The molecule has 66 valence electrons. The molecule has 1 rings (SSSR count). The molecule has 0 nitrogen and oxygen atoms in total. The van der Waals surface area contributed by atoms with E-state index in [1.54, 1.807) is 0 Å². The molecule has 1 aliphatic rings. The van der Waals surface area contributed by atoms with Crippen LogP contribution in [0.5, 0.6) is 0 Å². The molecule has 1 fully saturated rings. The Morgan fingerprint density at radius 1 is 1.27 bits per heavy atom. The van der Waals surface area contributed by atoms with Crippen LogP contribution in [0.3, 0.4) is 0 Å². The maximum absolute atomic E-state index is 5.94. The van der Waals surface area contributed by atoms with Crippen LogP contribution >= 0.6 is 11.6 Å². The van der Waals surface area contributed by atoms with E-state index in [1.807, 2.05) is 0 Å². The first-order chi connectivity index (χ1) is 5.33. The molecular weight excluding hydrogens is 156 g/mol. The van der Waals surface area contributed by atoms with Crippen molar-refractivity contribution < 1.29 is 0 Å². The molecule has 0 aromatic heterocycles. The molecule has 0 spiro atoms. The Labute approximate surface area is 75.3 Å². The van der Waals surface area contributed by atoms with Gasteiger partial charge in [0.25, 0.3) is 0 Å². The van der Waals surface area contributed by atoms with Crippen molar-refractivity contribution in [2.75, 3.05) is 5.88 Å². The lowest BCUT2D eigenvalue weighted by molar-refractivity contribution is 0.146. The van der Waals surface area contributed by atoms with E-state index in [2.05, 4.69) is 6.92 Å². The first-order valence-electron chi connectivity index (χ1n) is 4.89. The Bertz CT molecular complexity index is 99.9. The SMILES string of the molecule is CCCCCC1(CCl)CCC1. The Morgan fingerprint density at radius 2 is 2.00 bits per heavy atom. The molecule has 1 aliphatic carbocycles. The minimum Gasteiger partial charge on any atom is -0.126 e. The quantitative estimate of drug-likeness (QED) is 0.437. The Kier molecular flexibility index (Phi) is 3.71. The molecule has 0 aliphatic heterocycles.